The molecule has 0 atom stereocenters. The van der Waals surface area contributed by atoms with Crippen LogP contribution in [0.25, 0.3) is 17.2 Å². The van der Waals surface area contributed by atoms with Crippen LogP contribution in [0.2, 0.25) is 0 Å². The molecule has 2 aromatic carbocycles. The summed E-state index contributed by atoms with van der Waals surface area (Å²) in [5, 5.41) is 2.02. The molecular formula is C14H7NOS. The van der Waals surface area contributed by atoms with Crippen molar-refractivity contribution in [2.75, 3.05) is 0 Å². The maximum atomic E-state index is 11.4. The Balaban J connectivity index is 2.18. The highest BCUT2D eigenvalue weighted by Gasteiger charge is 2.19. The number of carbonyl (C=O) groups is 1. The smallest absolute Gasteiger partial charge is 0.217 e. The summed E-state index contributed by atoms with van der Waals surface area (Å²) in [5.41, 5.74) is 3.28. The van der Waals surface area contributed by atoms with Crippen LogP contribution >= 0.6 is 11.8 Å². The SMILES string of the molecule is O=C1C=c2c(ccc3c2=Nc2ccccc2-3)S1. The molecule has 2 aromatic rings. The number of fused-ring (bicyclic) bond motifs is 5. The number of para-hydroxylation sites is 1. The standard InChI is InChI=1S/C14H7NOS/c16-13-7-10-12(17-13)6-5-9-8-3-1-2-4-11(8)15-14(9)10/h1-7H. The molecule has 0 saturated carbocycles. The maximum absolute atomic E-state index is 11.4. The van der Waals surface area contributed by atoms with E-state index in [0.29, 0.717) is 0 Å². The second kappa shape index (κ2) is 3.08. The third-order valence-electron chi connectivity index (χ3n) is 3.08. The number of hydrogen-bond acceptors (Lipinski definition) is 3. The number of rotatable bonds is 0. The number of hydrogen-bond donors (Lipinski definition) is 0. The normalized spacial score (nSPS) is 14.7. The lowest BCUT2D eigenvalue weighted by atomic mass is 10.1. The monoisotopic (exact) mass is 237 g/mol. The van der Waals surface area contributed by atoms with E-state index in [1.54, 1.807) is 6.08 Å². The van der Waals surface area contributed by atoms with E-state index in [1.165, 1.54) is 11.8 Å². The highest BCUT2D eigenvalue weighted by atomic mass is 32.2. The Labute approximate surface area is 102 Å². The van der Waals surface area contributed by atoms with E-state index >= 15 is 0 Å². The summed E-state index contributed by atoms with van der Waals surface area (Å²) in [7, 11) is 0. The van der Waals surface area contributed by atoms with Crippen molar-refractivity contribution in [2.45, 2.75) is 4.90 Å². The van der Waals surface area contributed by atoms with Crippen molar-refractivity contribution in [3.05, 3.63) is 47.0 Å². The minimum atomic E-state index is 0.0968. The number of benzene rings is 2. The van der Waals surface area contributed by atoms with Crippen LogP contribution in [0.1, 0.15) is 0 Å². The molecule has 0 saturated heterocycles. The van der Waals surface area contributed by atoms with Gasteiger partial charge in [-0.3, -0.25) is 4.79 Å². The van der Waals surface area contributed by atoms with E-state index < -0.39 is 0 Å². The Morgan fingerprint density at radius 3 is 2.82 bits per heavy atom. The molecule has 4 rings (SSSR count). The van der Waals surface area contributed by atoms with E-state index in [1.807, 2.05) is 24.3 Å². The lowest BCUT2D eigenvalue weighted by Gasteiger charge is -1.98. The molecule has 2 aliphatic rings. The Morgan fingerprint density at radius 1 is 1.00 bits per heavy atom. The molecule has 0 aliphatic carbocycles. The first-order valence-corrected chi connectivity index (χ1v) is 6.19. The van der Waals surface area contributed by atoms with Crippen molar-refractivity contribution in [1.82, 2.24) is 0 Å². The van der Waals surface area contributed by atoms with Crippen LogP contribution in [0.15, 0.2) is 46.3 Å². The van der Waals surface area contributed by atoms with Gasteiger partial charge in [0.25, 0.3) is 0 Å². The van der Waals surface area contributed by atoms with E-state index in [-0.39, 0.29) is 5.12 Å². The van der Waals surface area contributed by atoms with Gasteiger partial charge in [-0.1, -0.05) is 24.3 Å². The second-order valence-corrected chi connectivity index (χ2v) is 5.11. The molecule has 0 radical (unpaired) electrons. The average Bonchev–Trinajstić information content (AvgIpc) is 2.87. The minimum absolute atomic E-state index is 0.0968. The van der Waals surface area contributed by atoms with Gasteiger partial charge in [0.15, 0.2) is 0 Å². The first-order valence-electron chi connectivity index (χ1n) is 5.37. The van der Waals surface area contributed by atoms with Crippen LogP contribution in [0.4, 0.5) is 5.69 Å². The van der Waals surface area contributed by atoms with Gasteiger partial charge in [0.1, 0.15) is 0 Å². The zero-order valence-corrected chi connectivity index (χ0v) is 9.62. The van der Waals surface area contributed by atoms with Gasteiger partial charge < -0.3 is 0 Å². The molecule has 80 valence electrons. The number of nitrogens with zero attached hydrogens (tertiary/aromatic N) is 1. The van der Waals surface area contributed by atoms with Crippen LogP contribution in [0, 0.1) is 0 Å². The van der Waals surface area contributed by atoms with Gasteiger partial charge in [0, 0.05) is 27.3 Å². The van der Waals surface area contributed by atoms with Crippen LogP contribution in [-0.4, -0.2) is 5.12 Å². The van der Waals surface area contributed by atoms with Crippen molar-refractivity contribution in [3.8, 4) is 11.1 Å². The highest BCUT2D eigenvalue weighted by Crippen LogP contribution is 2.32. The maximum Gasteiger partial charge on any atom is 0.217 e. The molecule has 0 N–H and O–H groups in total. The van der Waals surface area contributed by atoms with Gasteiger partial charge in [0.05, 0.1) is 11.0 Å². The molecule has 0 unspecified atom stereocenters. The van der Waals surface area contributed by atoms with Crippen LogP contribution in [-0.2, 0) is 4.79 Å². The van der Waals surface area contributed by atoms with E-state index in [0.717, 1.165) is 32.3 Å². The number of thioether (sulfide) groups is 1. The van der Waals surface area contributed by atoms with Gasteiger partial charge in [-0.25, -0.2) is 4.99 Å². The van der Waals surface area contributed by atoms with Crippen LogP contribution < -0.4 is 10.6 Å². The zero-order valence-electron chi connectivity index (χ0n) is 8.81. The molecule has 2 nitrogen and oxygen atoms in total. The Morgan fingerprint density at radius 2 is 1.88 bits per heavy atom. The van der Waals surface area contributed by atoms with Crippen molar-refractivity contribution in [2.24, 2.45) is 4.99 Å². The zero-order chi connectivity index (χ0) is 11.4. The predicted molar refractivity (Wildman–Crippen MR) is 67.6 cm³/mol. The molecule has 0 spiro atoms. The van der Waals surface area contributed by atoms with Crippen LogP contribution in [0.5, 0.6) is 0 Å². The first-order chi connectivity index (χ1) is 8.33. The van der Waals surface area contributed by atoms with E-state index in [2.05, 4.69) is 17.1 Å². The second-order valence-electron chi connectivity index (χ2n) is 4.07. The topological polar surface area (TPSA) is 29.4 Å². The molecule has 0 amide bonds. The lowest BCUT2D eigenvalue weighted by molar-refractivity contribution is -0.105. The molecule has 0 fully saturated rings. The molecule has 2 aliphatic heterocycles. The third-order valence-corrected chi connectivity index (χ3v) is 3.97. The van der Waals surface area contributed by atoms with Crippen molar-refractivity contribution in [1.29, 1.82) is 0 Å². The predicted octanol–water partition coefficient (Wildman–Crippen LogP) is 2.03. The van der Waals surface area contributed by atoms with E-state index in [9.17, 15) is 4.79 Å². The third kappa shape index (κ3) is 1.17. The Hall–Kier alpha value is -1.87. The summed E-state index contributed by atoms with van der Waals surface area (Å²) in [6, 6.07) is 12.1. The van der Waals surface area contributed by atoms with Crippen LogP contribution in [0.3, 0.4) is 0 Å². The van der Waals surface area contributed by atoms with Gasteiger partial charge in [-0.2, -0.15) is 0 Å². The molecule has 3 heteroatoms. The largest absolute Gasteiger partial charge is 0.282 e. The fourth-order valence-corrected chi connectivity index (χ4v) is 3.13. The van der Waals surface area contributed by atoms with E-state index in [4.69, 9.17) is 0 Å². The first kappa shape index (κ1) is 9.19. The Bertz CT molecular complexity index is 792. The van der Waals surface area contributed by atoms with Gasteiger partial charge in [0.2, 0.25) is 5.12 Å². The fourth-order valence-electron chi connectivity index (χ4n) is 2.33. The molecule has 2 heterocycles. The lowest BCUT2D eigenvalue weighted by Crippen LogP contribution is -2.25. The van der Waals surface area contributed by atoms with Crippen molar-refractivity contribution >= 4 is 28.6 Å². The summed E-state index contributed by atoms with van der Waals surface area (Å²) in [6.07, 6.45) is 1.69. The van der Waals surface area contributed by atoms with Crippen molar-refractivity contribution < 1.29 is 4.79 Å². The summed E-state index contributed by atoms with van der Waals surface area (Å²) in [4.78, 5) is 17.1. The quantitative estimate of drug-likeness (QED) is 0.598. The highest BCUT2D eigenvalue weighted by molar-refractivity contribution is 8.14. The van der Waals surface area contributed by atoms with Gasteiger partial charge in [-0.05, 0) is 23.9 Å². The van der Waals surface area contributed by atoms with Gasteiger partial charge >= 0.3 is 0 Å². The molecule has 0 aromatic heterocycles. The summed E-state index contributed by atoms with van der Waals surface area (Å²) in [6.45, 7) is 0. The molecule has 17 heavy (non-hydrogen) atoms. The van der Waals surface area contributed by atoms with Gasteiger partial charge in [-0.15, -0.1) is 0 Å². The summed E-state index contributed by atoms with van der Waals surface area (Å²) in [5.74, 6) is 0. The Kier molecular flexibility index (Phi) is 1.66. The average molecular weight is 237 g/mol. The molecule has 0 bridgehead atoms. The van der Waals surface area contributed by atoms with Crippen molar-refractivity contribution in [3.63, 3.8) is 0 Å². The number of carbonyl (C=O) groups excluding carboxylic acids is 1. The minimum Gasteiger partial charge on any atom is -0.282 e. The fraction of sp³-hybridized carbons (Fsp3) is 0. The molecular weight excluding hydrogens is 230 g/mol. The summed E-state index contributed by atoms with van der Waals surface area (Å²) < 4.78 is 0. The summed E-state index contributed by atoms with van der Waals surface area (Å²) >= 11 is 1.28.